The van der Waals surface area contributed by atoms with E-state index >= 15 is 0 Å². The second-order valence-corrected chi connectivity index (χ2v) is 5.88. The van der Waals surface area contributed by atoms with Crippen molar-refractivity contribution in [3.63, 3.8) is 0 Å². The van der Waals surface area contributed by atoms with Crippen LogP contribution in [0.1, 0.15) is 46.0 Å². The summed E-state index contributed by atoms with van der Waals surface area (Å²) in [7, 11) is 0. The Labute approximate surface area is 92.7 Å². The summed E-state index contributed by atoms with van der Waals surface area (Å²) >= 11 is 2.10. The van der Waals surface area contributed by atoms with Crippen molar-refractivity contribution in [2.24, 2.45) is 11.8 Å². The fraction of sp³-hybridized carbons (Fsp3) is 1.00. The zero-order chi connectivity index (χ0) is 10.4. The lowest BCUT2D eigenvalue weighted by molar-refractivity contribution is 0.250. The number of hydrogen-bond acceptors (Lipinski definition) is 2. The molecule has 84 valence electrons. The highest BCUT2D eigenvalue weighted by Gasteiger charge is 2.24. The zero-order valence-corrected chi connectivity index (χ0v) is 10.4. The van der Waals surface area contributed by atoms with Gasteiger partial charge in [0, 0.05) is 11.9 Å². The Kier molecular flexibility index (Phi) is 5.95. The van der Waals surface area contributed by atoms with Gasteiger partial charge in [-0.2, -0.15) is 11.8 Å². The molecule has 3 unspecified atom stereocenters. The SMILES string of the molecule is CCC1CCCCC1SCC(C)CO. The van der Waals surface area contributed by atoms with E-state index < -0.39 is 0 Å². The molecule has 0 heterocycles. The van der Waals surface area contributed by atoms with Crippen molar-refractivity contribution >= 4 is 11.8 Å². The molecule has 0 saturated heterocycles. The van der Waals surface area contributed by atoms with Gasteiger partial charge in [-0.25, -0.2) is 0 Å². The van der Waals surface area contributed by atoms with E-state index in [-0.39, 0.29) is 0 Å². The summed E-state index contributed by atoms with van der Waals surface area (Å²) in [6.07, 6.45) is 7.03. The molecular formula is C12H24OS. The Balaban J connectivity index is 2.26. The molecule has 0 aliphatic heterocycles. The molecule has 1 aliphatic carbocycles. The van der Waals surface area contributed by atoms with Gasteiger partial charge in [0.05, 0.1) is 0 Å². The molecule has 0 spiro atoms. The fourth-order valence-corrected chi connectivity index (χ4v) is 3.82. The van der Waals surface area contributed by atoms with Crippen LogP contribution in [0.3, 0.4) is 0 Å². The molecule has 1 nitrogen and oxygen atoms in total. The van der Waals surface area contributed by atoms with Crippen LogP contribution in [0, 0.1) is 11.8 Å². The molecule has 1 rings (SSSR count). The molecule has 0 radical (unpaired) electrons. The van der Waals surface area contributed by atoms with Crippen molar-refractivity contribution in [3.8, 4) is 0 Å². The first kappa shape index (κ1) is 12.4. The van der Waals surface area contributed by atoms with Gasteiger partial charge in [-0.1, -0.05) is 33.1 Å². The summed E-state index contributed by atoms with van der Waals surface area (Å²) in [5.74, 6) is 2.55. The predicted octanol–water partition coefficient (Wildman–Crippen LogP) is 3.32. The second-order valence-electron chi connectivity index (χ2n) is 4.61. The molecule has 0 amide bonds. The summed E-state index contributed by atoms with van der Waals surface area (Å²) in [5.41, 5.74) is 0. The summed E-state index contributed by atoms with van der Waals surface area (Å²) < 4.78 is 0. The van der Waals surface area contributed by atoms with Crippen molar-refractivity contribution in [3.05, 3.63) is 0 Å². The second kappa shape index (κ2) is 6.73. The summed E-state index contributed by atoms with van der Waals surface area (Å²) in [5, 5.41) is 9.85. The van der Waals surface area contributed by atoms with Gasteiger partial charge < -0.3 is 5.11 Å². The molecule has 14 heavy (non-hydrogen) atoms. The molecule has 2 heteroatoms. The van der Waals surface area contributed by atoms with Gasteiger partial charge >= 0.3 is 0 Å². The van der Waals surface area contributed by atoms with Crippen LogP contribution in [0.25, 0.3) is 0 Å². The number of rotatable bonds is 5. The predicted molar refractivity (Wildman–Crippen MR) is 64.7 cm³/mol. The number of aliphatic hydroxyl groups excluding tert-OH is 1. The summed E-state index contributed by atoms with van der Waals surface area (Å²) in [6, 6.07) is 0. The van der Waals surface area contributed by atoms with Gasteiger partial charge in [-0.05, 0) is 30.4 Å². The van der Waals surface area contributed by atoms with E-state index in [9.17, 15) is 0 Å². The van der Waals surface area contributed by atoms with Gasteiger partial charge in [0.1, 0.15) is 0 Å². The lowest BCUT2D eigenvalue weighted by Gasteiger charge is -2.30. The first-order valence-corrected chi connectivity index (χ1v) is 7.05. The molecule has 0 aromatic heterocycles. The Morgan fingerprint density at radius 1 is 1.36 bits per heavy atom. The van der Waals surface area contributed by atoms with E-state index in [0.29, 0.717) is 12.5 Å². The van der Waals surface area contributed by atoms with Crippen molar-refractivity contribution in [2.75, 3.05) is 12.4 Å². The first-order chi connectivity index (χ1) is 6.77. The molecule has 0 aromatic rings. The number of hydrogen-bond donors (Lipinski definition) is 1. The van der Waals surface area contributed by atoms with Gasteiger partial charge in [0.25, 0.3) is 0 Å². The van der Waals surface area contributed by atoms with Crippen LogP contribution in [-0.2, 0) is 0 Å². The van der Waals surface area contributed by atoms with Crippen LogP contribution in [0.5, 0.6) is 0 Å². The summed E-state index contributed by atoms with van der Waals surface area (Å²) in [6.45, 7) is 4.80. The van der Waals surface area contributed by atoms with Crippen LogP contribution in [0.2, 0.25) is 0 Å². The first-order valence-electron chi connectivity index (χ1n) is 6.00. The third-order valence-corrected chi connectivity index (χ3v) is 5.08. The van der Waals surface area contributed by atoms with E-state index in [0.717, 1.165) is 16.9 Å². The molecule has 1 aliphatic rings. The molecule has 3 atom stereocenters. The maximum atomic E-state index is 8.97. The Bertz CT molecular complexity index is 149. The van der Waals surface area contributed by atoms with Crippen molar-refractivity contribution < 1.29 is 5.11 Å². The largest absolute Gasteiger partial charge is 0.396 e. The fourth-order valence-electron chi connectivity index (χ4n) is 2.20. The van der Waals surface area contributed by atoms with Crippen molar-refractivity contribution in [1.29, 1.82) is 0 Å². The van der Waals surface area contributed by atoms with Crippen LogP contribution in [0.4, 0.5) is 0 Å². The quantitative estimate of drug-likeness (QED) is 0.761. The minimum atomic E-state index is 0.344. The Morgan fingerprint density at radius 2 is 2.07 bits per heavy atom. The number of thioether (sulfide) groups is 1. The molecule has 1 saturated carbocycles. The van der Waals surface area contributed by atoms with Crippen molar-refractivity contribution in [2.45, 2.75) is 51.2 Å². The normalized spacial score (nSPS) is 30.2. The van der Waals surface area contributed by atoms with E-state index in [1.54, 1.807) is 0 Å². The third kappa shape index (κ3) is 3.82. The topological polar surface area (TPSA) is 20.2 Å². The van der Waals surface area contributed by atoms with Crippen molar-refractivity contribution in [1.82, 2.24) is 0 Å². The highest BCUT2D eigenvalue weighted by molar-refractivity contribution is 7.99. The zero-order valence-electron chi connectivity index (χ0n) is 9.54. The van der Waals surface area contributed by atoms with Gasteiger partial charge in [0.2, 0.25) is 0 Å². The van der Waals surface area contributed by atoms with Crippen LogP contribution in [-0.4, -0.2) is 22.7 Å². The average molecular weight is 216 g/mol. The minimum Gasteiger partial charge on any atom is -0.396 e. The summed E-state index contributed by atoms with van der Waals surface area (Å²) in [4.78, 5) is 0. The smallest absolute Gasteiger partial charge is 0.0464 e. The van der Waals surface area contributed by atoms with E-state index in [1.165, 1.54) is 32.1 Å². The van der Waals surface area contributed by atoms with E-state index in [4.69, 9.17) is 5.11 Å². The van der Waals surface area contributed by atoms with Crippen LogP contribution in [0.15, 0.2) is 0 Å². The highest BCUT2D eigenvalue weighted by Crippen LogP contribution is 2.35. The monoisotopic (exact) mass is 216 g/mol. The maximum absolute atomic E-state index is 8.97. The maximum Gasteiger partial charge on any atom is 0.0464 e. The Morgan fingerprint density at radius 3 is 2.71 bits per heavy atom. The average Bonchev–Trinajstić information content (AvgIpc) is 2.26. The van der Waals surface area contributed by atoms with Gasteiger partial charge in [-0.3, -0.25) is 0 Å². The Hall–Kier alpha value is 0.310. The van der Waals surface area contributed by atoms with Crippen LogP contribution >= 0.6 is 11.8 Å². The molecule has 1 N–H and O–H groups in total. The van der Waals surface area contributed by atoms with Gasteiger partial charge in [0.15, 0.2) is 0 Å². The number of aliphatic hydroxyl groups is 1. The van der Waals surface area contributed by atoms with E-state index in [2.05, 4.69) is 25.6 Å². The highest BCUT2D eigenvalue weighted by atomic mass is 32.2. The molecule has 1 fully saturated rings. The lowest BCUT2D eigenvalue weighted by Crippen LogP contribution is -2.22. The standard InChI is InChI=1S/C12H24OS/c1-3-11-6-4-5-7-12(11)14-9-10(2)8-13/h10-13H,3-9H2,1-2H3. The van der Waals surface area contributed by atoms with Crippen LogP contribution < -0.4 is 0 Å². The minimum absolute atomic E-state index is 0.344. The molecular weight excluding hydrogens is 192 g/mol. The molecule has 0 aromatic carbocycles. The lowest BCUT2D eigenvalue weighted by atomic mass is 9.87. The molecule has 0 bridgehead atoms. The van der Waals surface area contributed by atoms with Gasteiger partial charge in [-0.15, -0.1) is 0 Å². The van der Waals surface area contributed by atoms with E-state index in [1.807, 2.05) is 0 Å². The third-order valence-electron chi connectivity index (χ3n) is 3.27.